The minimum absolute atomic E-state index is 0.0537. The predicted octanol–water partition coefficient (Wildman–Crippen LogP) is 2.25. The molecular formula is C20H18N6O3S2. The van der Waals surface area contributed by atoms with E-state index >= 15 is 0 Å². The largest absolute Gasteiger partial charge is 0.332 e. The van der Waals surface area contributed by atoms with E-state index in [1.54, 1.807) is 7.05 Å². The van der Waals surface area contributed by atoms with Gasteiger partial charge in [-0.3, -0.25) is 18.7 Å². The molecule has 9 nitrogen and oxygen atoms in total. The third kappa shape index (κ3) is 3.63. The zero-order valence-electron chi connectivity index (χ0n) is 16.8. The van der Waals surface area contributed by atoms with Crippen LogP contribution in [-0.2, 0) is 18.9 Å². The molecule has 1 amide bonds. The molecule has 1 N–H and O–H groups in total. The van der Waals surface area contributed by atoms with E-state index in [0.717, 1.165) is 27.6 Å². The number of thiazole rings is 1. The van der Waals surface area contributed by atoms with Crippen molar-refractivity contribution in [2.45, 2.75) is 23.8 Å². The molecule has 0 atom stereocenters. The van der Waals surface area contributed by atoms with E-state index in [9.17, 15) is 14.4 Å². The molecule has 1 saturated carbocycles. The van der Waals surface area contributed by atoms with Gasteiger partial charge in [0.05, 0.1) is 16.0 Å². The van der Waals surface area contributed by atoms with E-state index in [0.29, 0.717) is 21.6 Å². The number of thioether (sulfide) groups is 1. The summed E-state index contributed by atoms with van der Waals surface area (Å²) in [7, 11) is 3.01. The first-order valence-electron chi connectivity index (χ1n) is 9.68. The summed E-state index contributed by atoms with van der Waals surface area (Å²) in [5.74, 6) is 0.660. The fourth-order valence-electron chi connectivity index (χ4n) is 3.29. The molecule has 0 unspecified atom stereocenters. The van der Waals surface area contributed by atoms with Crippen molar-refractivity contribution in [3.05, 3.63) is 50.9 Å². The smallest absolute Gasteiger partial charge is 0.301 e. The first-order chi connectivity index (χ1) is 14.9. The molecular weight excluding hydrogens is 436 g/mol. The number of benzene rings is 1. The van der Waals surface area contributed by atoms with Crippen LogP contribution in [0.3, 0.4) is 0 Å². The van der Waals surface area contributed by atoms with Crippen molar-refractivity contribution in [1.82, 2.24) is 24.1 Å². The minimum Gasteiger partial charge on any atom is -0.301 e. The molecule has 1 fully saturated rings. The molecule has 1 aromatic carbocycles. The van der Waals surface area contributed by atoms with Crippen LogP contribution in [0.1, 0.15) is 24.6 Å². The molecule has 0 spiro atoms. The van der Waals surface area contributed by atoms with E-state index in [4.69, 9.17) is 0 Å². The minimum atomic E-state index is -0.463. The highest BCUT2D eigenvalue weighted by Crippen LogP contribution is 2.39. The quantitative estimate of drug-likeness (QED) is 0.364. The summed E-state index contributed by atoms with van der Waals surface area (Å²) in [6, 6.07) is 7.66. The van der Waals surface area contributed by atoms with Gasteiger partial charge in [-0.25, -0.2) is 19.7 Å². The van der Waals surface area contributed by atoms with Crippen LogP contribution in [0, 0.1) is 0 Å². The van der Waals surface area contributed by atoms with Crippen LogP contribution < -0.4 is 16.6 Å². The number of hydrogen-bond acceptors (Lipinski definition) is 8. The second kappa shape index (κ2) is 7.57. The van der Waals surface area contributed by atoms with Crippen molar-refractivity contribution in [3.63, 3.8) is 0 Å². The summed E-state index contributed by atoms with van der Waals surface area (Å²) < 4.78 is 3.38. The Balaban J connectivity index is 1.45. The zero-order valence-corrected chi connectivity index (χ0v) is 18.4. The van der Waals surface area contributed by atoms with Crippen molar-refractivity contribution < 1.29 is 4.79 Å². The van der Waals surface area contributed by atoms with Gasteiger partial charge in [0.1, 0.15) is 16.2 Å². The fraction of sp³-hybridized carbons (Fsp3) is 0.300. The first kappa shape index (κ1) is 19.9. The third-order valence-corrected chi connectivity index (χ3v) is 7.03. The average Bonchev–Trinajstić information content (AvgIpc) is 3.54. The lowest BCUT2D eigenvalue weighted by Crippen LogP contribution is -2.37. The highest BCUT2D eigenvalue weighted by Gasteiger charge is 2.29. The number of nitrogens with one attached hydrogen (secondary N) is 1. The monoisotopic (exact) mass is 454 g/mol. The molecule has 0 bridgehead atoms. The molecule has 5 rings (SSSR count). The maximum absolute atomic E-state index is 12.8. The van der Waals surface area contributed by atoms with Crippen molar-refractivity contribution in [3.8, 4) is 0 Å². The molecule has 3 aromatic heterocycles. The Hall–Kier alpha value is -3.05. The van der Waals surface area contributed by atoms with Gasteiger partial charge in [-0.05, 0) is 25.0 Å². The number of anilines is 1. The molecule has 4 aromatic rings. The molecule has 0 saturated heterocycles. The molecule has 3 heterocycles. The summed E-state index contributed by atoms with van der Waals surface area (Å²) in [6.45, 7) is 0. The SMILES string of the molecule is Cn1c(=O)c2c(SCC(=O)Nc3nc4ccccc4s3)nc(C3CC3)nc2n(C)c1=O. The Morgan fingerprint density at radius 3 is 2.68 bits per heavy atom. The number of para-hydroxylation sites is 1. The molecule has 0 aliphatic heterocycles. The van der Waals surface area contributed by atoms with Gasteiger partial charge in [0.2, 0.25) is 5.91 Å². The van der Waals surface area contributed by atoms with Gasteiger partial charge >= 0.3 is 5.69 Å². The molecule has 1 aliphatic rings. The van der Waals surface area contributed by atoms with Crippen molar-refractivity contribution in [2.75, 3.05) is 11.1 Å². The van der Waals surface area contributed by atoms with Gasteiger partial charge in [0, 0.05) is 20.0 Å². The van der Waals surface area contributed by atoms with Gasteiger partial charge in [-0.1, -0.05) is 35.2 Å². The lowest BCUT2D eigenvalue weighted by Gasteiger charge is -2.11. The van der Waals surface area contributed by atoms with Crippen LogP contribution in [0.5, 0.6) is 0 Å². The Labute approximate surface area is 184 Å². The van der Waals surface area contributed by atoms with Crippen LogP contribution in [0.15, 0.2) is 38.9 Å². The number of rotatable bonds is 5. The Morgan fingerprint density at radius 1 is 1.16 bits per heavy atom. The molecule has 0 radical (unpaired) electrons. The zero-order chi connectivity index (χ0) is 21.7. The third-order valence-electron chi connectivity index (χ3n) is 5.11. The average molecular weight is 455 g/mol. The Kier molecular flexibility index (Phi) is 4.86. The van der Waals surface area contributed by atoms with Crippen LogP contribution in [0.2, 0.25) is 0 Å². The molecule has 31 heavy (non-hydrogen) atoms. The van der Waals surface area contributed by atoms with Crippen LogP contribution in [0.4, 0.5) is 5.13 Å². The number of carbonyl (C=O) groups excluding carboxylic acids is 1. The molecule has 158 valence electrons. The summed E-state index contributed by atoms with van der Waals surface area (Å²) >= 11 is 2.57. The number of fused-ring (bicyclic) bond motifs is 2. The highest BCUT2D eigenvalue weighted by molar-refractivity contribution is 8.00. The maximum Gasteiger partial charge on any atom is 0.332 e. The van der Waals surface area contributed by atoms with E-state index in [2.05, 4.69) is 20.3 Å². The van der Waals surface area contributed by atoms with Gasteiger partial charge in [0.25, 0.3) is 5.56 Å². The molecule has 11 heteroatoms. The normalized spacial score (nSPS) is 13.7. The van der Waals surface area contributed by atoms with Crippen LogP contribution in [0.25, 0.3) is 21.3 Å². The summed E-state index contributed by atoms with van der Waals surface area (Å²) in [5.41, 5.74) is 0.229. The number of aryl methyl sites for hydroxylation is 1. The number of carbonyl (C=O) groups is 1. The first-order valence-corrected chi connectivity index (χ1v) is 11.5. The second-order valence-electron chi connectivity index (χ2n) is 7.39. The van der Waals surface area contributed by atoms with E-state index in [-0.39, 0.29) is 23.0 Å². The van der Waals surface area contributed by atoms with Crippen molar-refractivity contribution in [2.24, 2.45) is 14.1 Å². The second-order valence-corrected chi connectivity index (χ2v) is 9.38. The Morgan fingerprint density at radius 2 is 1.94 bits per heavy atom. The standard InChI is InChI=1S/C20H18N6O3S2/c1-25-16-14(18(28)26(2)20(25)29)17(24-15(23-16)10-7-8-10)30-9-13(27)22-19-21-11-5-3-4-6-12(11)31-19/h3-6,10H,7-9H2,1-2H3,(H,21,22,27). The summed E-state index contributed by atoms with van der Waals surface area (Å²) in [4.78, 5) is 51.2. The van der Waals surface area contributed by atoms with E-state index < -0.39 is 11.2 Å². The fourth-order valence-corrected chi connectivity index (χ4v) is 4.99. The van der Waals surface area contributed by atoms with Gasteiger partial charge < -0.3 is 5.32 Å². The summed E-state index contributed by atoms with van der Waals surface area (Å²) in [6.07, 6.45) is 1.96. The van der Waals surface area contributed by atoms with Gasteiger partial charge in [0.15, 0.2) is 10.8 Å². The van der Waals surface area contributed by atoms with Crippen molar-refractivity contribution in [1.29, 1.82) is 0 Å². The lowest BCUT2D eigenvalue weighted by atomic mass is 10.3. The van der Waals surface area contributed by atoms with E-state index in [1.165, 1.54) is 34.7 Å². The van der Waals surface area contributed by atoms with Gasteiger partial charge in [-0.2, -0.15) is 0 Å². The maximum atomic E-state index is 12.8. The number of nitrogens with zero attached hydrogens (tertiary/aromatic N) is 5. The van der Waals surface area contributed by atoms with Crippen LogP contribution in [-0.4, -0.2) is 35.7 Å². The number of hydrogen-bond donors (Lipinski definition) is 1. The van der Waals surface area contributed by atoms with Crippen molar-refractivity contribution >= 4 is 55.4 Å². The topological polar surface area (TPSA) is 112 Å². The van der Waals surface area contributed by atoms with Gasteiger partial charge in [-0.15, -0.1) is 0 Å². The summed E-state index contributed by atoms with van der Waals surface area (Å²) in [5, 5.41) is 4.01. The molecule has 1 aliphatic carbocycles. The highest BCUT2D eigenvalue weighted by atomic mass is 32.2. The number of amides is 1. The lowest BCUT2D eigenvalue weighted by molar-refractivity contribution is -0.113. The predicted molar refractivity (Wildman–Crippen MR) is 121 cm³/mol. The van der Waals surface area contributed by atoms with Crippen LogP contribution >= 0.6 is 23.1 Å². The number of aromatic nitrogens is 5. The Bertz CT molecular complexity index is 1430. The van der Waals surface area contributed by atoms with E-state index in [1.807, 2.05) is 24.3 Å².